The van der Waals surface area contributed by atoms with Crippen LogP contribution in [-0.4, -0.2) is 16.9 Å². The molecule has 0 aliphatic heterocycles. The number of ketones is 1. The number of ether oxygens (including phenoxy) is 1. The minimum Gasteiger partial charge on any atom is -0.508 e. The maximum absolute atomic E-state index is 12.3. The lowest BCUT2D eigenvalue weighted by Gasteiger charge is -2.08. The normalized spacial score (nSPS) is 10.6. The lowest BCUT2D eigenvalue weighted by atomic mass is 10.0. The van der Waals surface area contributed by atoms with Crippen LogP contribution in [-0.2, 0) is 0 Å². The number of carbonyl (C=O) groups is 2. The number of benzene rings is 3. The number of carbonyl (C=O) groups excluding carboxylic acids is 2. The van der Waals surface area contributed by atoms with Gasteiger partial charge in [0.1, 0.15) is 11.5 Å². The second-order valence-corrected chi connectivity index (χ2v) is 6.56. The largest absolute Gasteiger partial charge is 0.508 e. The van der Waals surface area contributed by atoms with Crippen LogP contribution < -0.4 is 4.74 Å². The van der Waals surface area contributed by atoms with Gasteiger partial charge in [-0.05, 0) is 59.7 Å². The summed E-state index contributed by atoms with van der Waals surface area (Å²) in [7, 11) is 0. The molecule has 0 aliphatic carbocycles. The van der Waals surface area contributed by atoms with Gasteiger partial charge in [0.25, 0.3) is 0 Å². The lowest BCUT2D eigenvalue weighted by Crippen LogP contribution is -2.09. The Kier molecular flexibility index (Phi) is 5.36. The van der Waals surface area contributed by atoms with Gasteiger partial charge < -0.3 is 9.84 Å². The fourth-order valence-electron chi connectivity index (χ4n) is 2.64. The Labute approximate surface area is 158 Å². The Balaban J connectivity index is 1.69. The topological polar surface area (TPSA) is 63.6 Å². The molecular formula is C23H20O4. The van der Waals surface area contributed by atoms with Gasteiger partial charge >= 0.3 is 5.97 Å². The number of phenolic OH excluding ortho intramolecular Hbond substituents is 1. The summed E-state index contributed by atoms with van der Waals surface area (Å²) in [4.78, 5) is 24.3. The number of aromatic hydroxyl groups is 1. The van der Waals surface area contributed by atoms with Gasteiger partial charge in [0, 0.05) is 11.5 Å². The average molecular weight is 360 g/mol. The van der Waals surface area contributed by atoms with Crippen molar-refractivity contribution < 1.29 is 19.4 Å². The van der Waals surface area contributed by atoms with E-state index >= 15 is 0 Å². The molecule has 0 saturated heterocycles. The molecule has 136 valence electrons. The van der Waals surface area contributed by atoms with Crippen molar-refractivity contribution in [2.45, 2.75) is 13.8 Å². The molecule has 0 amide bonds. The van der Waals surface area contributed by atoms with E-state index in [0.717, 1.165) is 11.1 Å². The predicted molar refractivity (Wildman–Crippen MR) is 104 cm³/mol. The van der Waals surface area contributed by atoms with E-state index in [2.05, 4.69) is 0 Å². The highest BCUT2D eigenvalue weighted by Crippen LogP contribution is 2.23. The number of hydrogen-bond acceptors (Lipinski definition) is 4. The van der Waals surface area contributed by atoms with E-state index in [0.29, 0.717) is 16.9 Å². The zero-order valence-electron chi connectivity index (χ0n) is 15.2. The van der Waals surface area contributed by atoms with Crippen molar-refractivity contribution in [3.8, 4) is 22.6 Å². The molecular weight excluding hydrogens is 340 g/mol. The highest BCUT2D eigenvalue weighted by molar-refractivity contribution is 5.97. The van der Waals surface area contributed by atoms with Crippen LogP contribution in [0, 0.1) is 5.92 Å². The van der Waals surface area contributed by atoms with Gasteiger partial charge in [0.15, 0.2) is 5.78 Å². The molecule has 0 radical (unpaired) electrons. The van der Waals surface area contributed by atoms with Crippen LogP contribution in [0.2, 0.25) is 0 Å². The first-order valence-corrected chi connectivity index (χ1v) is 8.70. The smallest absolute Gasteiger partial charge is 0.343 e. The van der Waals surface area contributed by atoms with Crippen LogP contribution in [0.5, 0.6) is 11.5 Å². The number of Topliss-reactive ketones (excluding diaryl/α,β-unsaturated/α-hetero) is 1. The SMILES string of the molecule is CC(C)C(=O)c1ccc(OC(=O)c2ccc(-c3ccc(O)cc3)cc2)cc1. The monoisotopic (exact) mass is 360 g/mol. The Morgan fingerprint density at radius 3 is 1.74 bits per heavy atom. The molecule has 0 aromatic heterocycles. The summed E-state index contributed by atoms with van der Waals surface area (Å²) in [5.41, 5.74) is 2.91. The molecule has 0 spiro atoms. The lowest BCUT2D eigenvalue weighted by molar-refractivity contribution is 0.0734. The highest BCUT2D eigenvalue weighted by Gasteiger charge is 2.12. The van der Waals surface area contributed by atoms with Crippen LogP contribution in [0.3, 0.4) is 0 Å². The molecule has 0 saturated carbocycles. The minimum absolute atomic E-state index is 0.0534. The third kappa shape index (κ3) is 4.42. The quantitative estimate of drug-likeness (QED) is 0.390. The first-order valence-electron chi connectivity index (χ1n) is 8.70. The summed E-state index contributed by atoms with van der Waals surface area (Å²) in [5.74, 6) is 0.112. The Hall–Kier alpha value is -3.40. The molecule has 4 nitrogen and oxygen atoms in total. The second kappa shape index (κ2) is 7.87. The number of rotatable bonds is 5. The zero-order chi connectivity index (χ0) is 19.4. The van der Waals surface area contributed by atoms with Crippen LogP contribution >= 0.6 is 0 Å². The van der Waals surface area contributed by atoms with Gasteiger partial charge in [0.2, 0.25) is 0 Å². The fourth-order valence-corrected chi connectivity index (χ4v) is 2.64. The van der Waals surface area contributed by atoms with E-state index in [9.17, 15) is 14.7 Å². The van der Waals surface area contributed by atoms with Crippen molar-refractivity contribution in [2.24, 2.45) is 5.92 Å². The van der Waals surface area contributed by atoms with Crippen molar-refractivity contribution in [1.29, 1.82) is 0 Å². The van der Waals surface area contributed by atoms with Crippen LogP contribution in [0.4, 0.5) is 0 Å². The van der Waals surface area contributed by atoms with Gasteiger partial charge in [-0.2, -0.15) is 0 Å². The maximum Gasteiger partial charge on any atom is 0.343 e. The van der Waals surface area contributed by atoms with Gasteiger partial charge in [-0.25, -0.2) is 4.79 Å². The molecule has 0 atom stereocenters. The van der Waals surface area contributed by atoms with Crippen molar-refractivity contribution >= 4 is 11.8 Å². The molecule has 0 heterocycles. The fraction of sp³-hybridized carbons (Fsp3) is 0.130. The summed E-state index contributed by atoms with van der Waals surface area (Å²) in [6.07, 6.45) is 0. The molecule has 0 bridgehead atoms. The number of phenols is 1. The number of esters is 1. The van der Waals surface area contributed by atoms with Crippen LogP contribution in [0.1, 0.15) is 34.6 Å². The Morgan fingerprint density at radius 1 is 0.741 bits per heavy atom. The third-order valence-electron chi connectivity index (χ3n) is 4.20. The van der Waals surface area contributed by atoms with Gasteiger partial charge in [-0.3, -0.25) is 4.79 Å². The van der Waals surface area contributed by atoms with Gasteiger partial charge in [-0.15, -0.1) is 0 Å². The van der Waals surface area contributed by atoms with E-state index in [1.165, 1.54) is 0 Å². The van der Waals surface area contributed by atoms with Crippen LogP contribution in [0.15, 0.2) is 72.8 Å². The Morgan fingerprint density at radius 2 is 1.22 bits per heavy atom. The third-order valence-corrected chi connectivity index (χ3v) is 4.20. The molecule has 1 N–H and O–H groups in total. The minimum atomic E-state index is -0.463. The van der Waals surface area contributed by atoms with E-state index in [4.69, 9.17) is 4.74 Å². The zero-order valence-corrected chi connectivity index (χ0v) is 15.2. The van der Waals surface area contributed by atoms with Crippen molar-refractivity contribution in [1.82, 2.24) is 0 Å². The summed E-state index contributed by atoms with van der Waals surface area (Å²) >= 11 is 0. The van der Waals surface area contributed by atoms with E-state index in [-0.39, 0.29) is 17.5 Å². The first kappa shape index (κ1) is 18.4. The summed E-state index contributed by atoms with van der Waals surface area (Å²) in [6.45, 7) is 3.69. The standard InChI is InChI=1S/C23H20O4/c1-15(2)22(25)18-9-13-21(14-10-18)27-23(26)19-5-3-16(4-6-19)17-7-11-20(24)12-8-17/h3-15,24H,1-2H3. The van der Waals surface area contributed by atoms with Crippen molar-refractivity contribution in [2.75, 3.05) is 0 Å². The maximum atomic E-state index is 12.3. The highest BCUT2D eigenvalue weighted by atomic mass is 16.5. The van der Waals surface area contributed by atoms with E-state index in [1.807, 2.05) is 38.1 Å². The Bertz CT molecular complexity index is 937. The molecule has 4 heteroatoms. The second-order valence-electron chi connectivity index (χ2n) is 6.56. The van der Waals surface area contributed by atoms with Crippen molar-refractivity contribution in [3.05, 3.63) is 83.9 Å². The predicted octanol–water partition coefficient (Wildman–Crippen LogP) is 5.12. The van der Waals surface area contributed by atoms with E-state index in [1.54, 1.807) is 48.5 Å². The van der Waals surface area contributed by atoms with E-state index < -0.39 is 5.97 Å². The number of hydrogen-bond donors (Lipinski definition) is 1. The summed E-state index contributed by atoms with van der Waals surface area (Å²) in [5, 5.41) is 9.36. The van der Waals surface area contributed by atoms with Gasteiger partial charge in [-0.1, -0.05) is 38.1 Å². The van der Waals surface area contributed by atoms with Gasteiger partial charge in [0.05, 0.1) is 5.56 Å². The molecule has 0 fully saturated rings. The molecule has 3 rings (SSSR count). The average Bonchev–Trinajstić information content (AvgIpc) is 2.68. The molecule has 3 aromatic rings. The molecule has 0 aliphatic rings. The summed E-state index contributed by atoms with van der Waals surface area (Å²) < 4.78 is 5.37. The molecule has 0 unspecified atom stereocenters. The summed E-state index contributed by atoms with van der Waals surface area (Å²) in [6, 6.07) is 20.5. The molecule has 27 heavy (non-hydrogen) atoms. The van der Waals surface area contributed by atoms with Crippen molar-refractivity contribution in [3.63, 3.8) is 0 Å². The first-order chi connectivity index (χ1) is 12.9. The van der Waals surface area contributed by atoms with Crippen LogP contribution in [0.25, 0.3) is 11.1 Å². The molecule has 3 aromatic carbocycles.